The van der Waals surface area contributed by atoms with E-state index in [-0.39, 0.29) is 17.2 Å². The van der Waals surface area contributed by atoms with E-state index in [0.717, 1.165) is 5.56 Å². The van der Waals surface area contributed by atoms with Crippen molar-refractivity contribution < 1.29 is 17.9 Å². The summed E-state index contributed by atoms with van der Waals surface area (Å²) in [6.45, 7) is 2.67. The van der Waals surface area contributed by atoms with Crippen molar-refractivity contribution in [2.45, 2.75) is 18.2 Å². The summed E-state index contributed by atoms with van der Waals surface area (Å²) in [6.07, 6.45) is 2.11. The standard InChI is InChI=1S/C21H23N3O4S2/c1-15-8-3-4-9-16(15)20(25)18-14-23-21(29-18)22-12-7-13-24-30(26,27)19-11-6-5-10-17(19)28-2/h3-6,8-11,14,24H,7,12-13H2,1-2H3,(H,22,23). The van der Waals surface area contributed by atoms with E-state index in [4.69, 9.17) is 4.74 Å². The summed E-state index contributed by atoms with van der Waals surface area (Å²) < 4.78 is 32.5. The second kappa shape index (κ2) is 9.84. The average Bonchev–Trinajstić information content (AvgIpc) is 3.22. The Morgan fingerprint density at radius 1 is 1.10 bits per heavy atom. The smallest absolute Gasteiger partial charge is 0.244 e. The zero-order valence-electron chi connectivity index (χ0n) is 16.7. The van der Waals surface area contributed by atoms with Crippen molar-refractivity contribution in [3.05, 3.63) is 70.7 Å². The number of nitrogens with one attached hydrogen (secondary N) is 2. The van der Waals surface area contributed by atoms with E-state index >= 15 is 0 Å². The van der Waals surface area contributed by atoms with Gasteiger partial charge < -0.3 is 10.1 Å². The van der Waals surface area contributed by atoms with Gasteiger partial charge >= 0.3 is 0 Å². The average molecular weight is 446 g/mol. The molecule has 0 atom stereocenters. The van der Waals surface area contributed by atoms with Crippen LogP contribution >= 0.6 is 11.3 Å². The topological polar surface area (TPSA) is 97.4 Å². The number of nitrogens with zero attached hydrogens (tertiary/aromatic N) is 1. The van der Waals surface area contributed by atoms with E-state index in [1.54, 1.807) is 30.5 Å². The van der Waals surface area contributed by atoms with Gasteiger partial charge in [0.2, 0.25) is 15.8 Å². The van der Waals surface area contributed by atoms with Crippen molar-refractivity contribution in [3.63, 3.8) is 0 Å². The van der Waals surface area contributed by atoms with Gasteiger partial charge in [-0.3, -0.25) is 4.79 Å². The van der Waals surface area contributed by atoms with E-state index in [1.165, 1.54) is 24.5 Å². The third kappa shape index (κ3) is 5.24. The molecule has 0 saturated heterocycles. The highest BCUT2D eigenvalue weighted by atomic mass is 32.2. The number of aryl methyl sites for hydroxylation is 1. The largest absolute Gasteiger partial charge is 0.495 e. The maximum atomic E-state index is 12.6. The molecule has 2 N–H and O–H groups in total. The Hall–Kier alpha value is -2.75. The van der Waals surface area contributed by atoms with Crippen LogP contribution in [0.25, 0.3) is 0 Å². The van der Waals surface area contributed by atoms with Crippen LogP contribution in [0.5, 0.6) is 5.75 Å². The van der Waals surface area contributed by atoms with Gasteiger partial charge in [-0.1, -0.05) is 47.7 Å². The summed E-state index contributed by atoms with van der Waals surface area (Å²) in [4.78, 5) is 17.5. The summed E-state index contributed by atoms with van der Waals surface area (Å²) >= 11 is 1.28. The first kappa shape index (κ1) is 21.9. The maximum Gasteiger partial charge on any atom is 0.244 e. The lowest BCUT2D eigenvalue weighted by Gasteiger charge is -2.10. The fourth-order valence-electron chi connectivity index (χ4n) is 2.83. The number of carbonyl (C=O) groups excluding carboxylic acids is 1. The monoisotopic (exact) mass is 445 g/mol. The molecule has 9 heteroatoms. The lowest BCUT2D eigenvalue weighted by molar-refractivity contribution is 0.104. The predicted molar refractivity (Wildman–Crippen MR) is 118 cm³/mol. The molecule has 0 unspecified atom stereocenters. The number of anilines is 1. The van der Waals surface area contributed by atoms with Crippen molar-refractivity contribution >= 4 is 32.3 Å². The molecule has 0 amide bonds. The second-order valence-corrected chi connectivity index (χ2v) is 9.27. The molecule has 7 nitrogen and oxygen atoms in total. The molecule has 30 heavy (non-hydrogen) atoms. The fourth-order valence-corrected chi connectivity index (χ4v) is 4.87. The van der Waals surface area contributed by atoms with Crippen LogP contribution in [-0.4, -0.2) is 39.4 Å². The highest BCUT2D eigenvalue weighted by molar-refractivity contribution is 7.89. The molecule has 3 rings (SSSR count). The number of hydrogen-bond acceptors (Lipinski definition) is 7. The van der Waals surface area contributed by atoms with Gasteiger partial charge in [0.05, 0.1) is 18.2 Å². The van der Waals surface area contributed by atoms with Gasteiger partial charge in [-0.25, -0.2) is 18.1 Å². The summed E-state index contributed by atoms with van der Waals surface area (Å²) in [7, 11) is -2.22. The molecule has 158 valence electrons. The van der Waals surface area contributed by atoms with Crippen LogP contribution in [0, 0.1) is 6.92 Å². The number of aromatic nitrogens is 1. The Bertz CT molecular complexity index is 1130. The number of ketones is 1. The number of methoxy groups -OCH3 is 1. The van der Waals surface area contributed by atoms with Crippen molar-refractivity contribution in [1.29, 1.82) is 0 Å². The molecule has 0 fully saturated rings. The first-order chi connectivity index (χ1) is 14.4. The number of ether oxygens (including phenoxy) is 1. The number of benzene rings is 2. The normalized spacial score (nSPS) is 11.3. The van der Waals surface area contributed by atoms with Gasteiger partial charge in [-0.05, 0) is 31.0 Å². The van der Waals surface area contributed by atoms with Crippen molar-refractivity contribution in [2.75, 3.05) is 25.5 Å². The molecular formula is C21H23N3O4S2. The first-order valence-electron chi connectivity index (χ1n) is 9.35. The minimum atomic E-state index is -3.65. The minimum absolute atomic E-state index is 0.0526. The van der Waals surface area contributed by atoms with Crippen LogP contribution < -0.4 is 14.8 Å². The van der Waals surface area contributed by atoms with Crippen LogP contribution in [0.15, 0.2) is 59.6 Å². The molecule has 0 aliphatic rings. The van der Waals surface area contributed by atoms with Gasteiger partial charge in [-0.15, -0.1) is 0 Å². The number of rotatable bonds is 10. The van der Waals surface area contributed by atoms with Gasteiger partial charge in [0.1, 0.15) is 10.6 Å². The van der Waals surface area contributed by atoms with E-state index in [0.29, 0.717) is 34.3 Å². The maximum absolute atomic E-state index is 12.6. The lowest BCUT2D eigenvalue weighted by Crippen LogP contribution is -2.26. The molecule has 1 heterocycles. The summed E-state index contributed by atoms with van der Waals surface area (Å²) in [5, 5.41) is 3.75. The molecule has 0 aliphatic carbocycles. The molecule has 1 aromatic heterocycles. The van der Waals surface area contributed by atoms with E-state index in [2.05, 4.69) is 15.0 Å². The van der Waals surface area contributed by atoms with E-state index < -0.39 is 10.0 Å². The number of thiazole rings is 1. The summed E-state index contributed by atoms with van der Waals surface area (Å²) in [6, 6.07) is 13.9. The Labute approximate surface area is 180 Å². The summed E-state index contributed by atoms with van der Waals surface area (Å²) in [5.74, 6) is 0.250. The molecule has 0 aliphatic heterocycles. The van der Waals surface area contributed by atoms with Crippen molar-refractivity contribution in [2.24, 2.45) is 0 Å². The second-order valence-electron chi connectivity index (χ2n) is 6.50. The highest BCUT2D eigenvalue weighted by Gasteiger charge is 2.18. The predicted octanol–water partition coefficient (Wildman–Crippen LogP) is 3.47. The third-order valence-electron chi connectivity index (χ3n) is 4.40. The number of sulfonamides is 1. The molecule has 0 bridgehead atoms. The molecule has 0 radical (unpaired) electrons. The van der Waals surface area contributed by atoms with Gasteiger partial charge in [0.15, 0.2) is 5.13 Å². The zero-order valence-corrected chi connectivity index (χ0v) is 18.3. The van der Waals surface area contributed by atoms with E-state index in [9.17, 15) is 13.2 Å². The molecule has 0 spiro atoms. The van der Waals surface area contributed by atoms with Crippen LogP contribution in [0.4, 0.5) is 5.13 Å². The summed E-state index contributed by atoms with van der Waals surface area (Å²) in [5.41, 5.74) is 1.59. The van der Waals surface area contributed by atoms with Crippen molar-refractivity contribution in [1.82, 2.24) is 9.71 Å². The van der Waals surface area contributed by atoms with Gasteiger partial charge in [-0.2, -0.15) is 0 Å². The number of para-hydroxylation sites is 1. The SMILES string of the molecule is COc1ccccc1S(=O)(=O)NCCCNc1ncc(C(=O)c2ccccc2C)s1. The van der Waals surface area contributed by atoms with Crippen LogP contribution in [0.3, 0.4) is 0 Å². The number of carbonyl (C=O) groups is 1. The molecule has 2 aromatic carbocycles. The zero-order chi connectivity index (χ0) is 21.6. The Balaban J connectivity index is 1.50. The minimum Gasteiger partial charge on any atom is -0.495 e. The number of hydrogen-bond donors (Lipinski definition) is 2. The van der Waals surface area contributed by atoms with Gasteiger partial charge in [0, 0.05) is 18.7 Å². The third-order valence-corrected chi connectivity index (χ3v) is 6.85. The molecule has 0 saturated carbocycles. The van der Waals surface area contributed by atoms with Crippen LogP contribution in [0.1, 0.15) is 27.2 Å². The van der Waals surface area contributed by atoms with Crippen LogP contribution in [-0.2, 0) is 10.0 Å². The fraction of sp³-hybridized carbons (Fsp3) is 0.238. The van der Waals surface area contributed by atoms with Gasteiger partial charge in [0.25, 0.3) is 0 Å². The lowest BCUT2D eigenvalue weighted by atomic mass is 10.0. The first-order valence-corrected chi connectivity index (χ1v) is 11.6. The van der Waals surface area contributed by atoms with E-state index in [1.807, 2.05) is 25.1 Å². The Kier molecular flexibility index (Phi) is 7.20. The van der Waals surface area contributed by atoms with Crippen LogP contribution in [0.2, 0.25) is 0 Å². The quantitative estimate of drug-likeness (QED) is 0.366. The Morgan fingerprint density at radius 3 is 2.60 bits per heavy atom. The Morgan fingerprint density at radius 2 is 1.83 bits per heavy atom. The molecular weight excluding hydrogens is 422 g/mol. The highest BCUT2D eigenvalue weighted by Crippen LogP contribution is 2.23. The van der Waals surface area contributed by atoms with Crippen molar-refractivity contribution in [3.8, 4) is 5.75 Å². The molecule has 3 aromatic rings.